The number of H-pyrrole nitrogens is 1. The van der Waals surface area contributed by atoms with Gasteiger partial charge in [0, 0.05) is 18.4 Å². The molecule has 0 amide bonds. The van der Waals surface area contributed by atoms with Gasteiger partial charge in [-0.05, 0) is 18.6 Å². The second kappa shape index (κ2) is 5.03. The molecule has 1 aromatic heterocycles. The number of rotatable bonds is 4. The van der Waals surface area contributed by atoms with Crippen molar-refractivity contribution >= 4 is 0 Å². The van der Waals surface area contributed by atoms with E-state index in [0.29, 0.717) is 11.6 Å². The number of aromatic amines is 1. The lowest BCUT2D eigenvalue weighted by Gasteiger charge is -2.01. The fourth-order valence-electron chi connectivity index (χ4n) is 1.62. The molecule has 3 nitrogen and oxygen atoms in total. The zero-order valence-corrected chi connectivity index (χ0v) is 9.50. The van der Waals surface area contributed by atoms with E-state index in [2.05, 4.69) is 15.2 Å². The van der Waals surface area contributed by atoms with Crippen molar-refractivity contribution in [3.63, 3.8) is 0 Å². The van der Waals surface area contributed by atoms with Crippen molar-refractivity contribution in [2.45, 2.75) is 26.2 Å². The Morgan fingerprint density at radius 1 is 1.24 bits per heavy atom. The Hall–Kier alpha value is -1.78. The van der Waals surface area contributed by atoms with E-state index < -0.39 is 11.6 Å². The van der Waals surface area contributed by atoms with Gasteiger partial charge in [0.05, 0.1) is 0 Å². The van der Waals surface area contributed by atoms with Gasteiger partial charge in [-0.25, -0.2) is 13.8 Å². The first-order chi connectivity index (χ1) is 8.20. The highest BCUT2D eigenvalue weighted by molar-refractivity contribution is 5.22. The van der Waals surface area contributed by atoms with E-state index in [1.165, 1.54) is 18.2 Å². The normalized spacial score (nSPS) is 10.8. The molecule has 0 saturated heterocycles. The van der Waals surface area contributed by atoms with E-state index in [0.717, 1.165) is 12.8 Å². The van der Waals surface area contributed by atoms with Gasteiger partial charge in [0.15, 0.2) is 5.82 Å². The van der Waals surface area contributed by atoms with Crippen LogP contribution in [0.1, 0.15) is 30.6 Å². The number of hydrogen-bond acceptors (Lipinski definition) is 2. The van der Waals surface area contributed by atoms with E-state index in [1.54, 1.807) is 0 Å². The van der Waals surface area contributed by atoms with Crippen molar-refractivity contribution in [3.05, 3.63) is 47.0 Å². The van der Waals surface area contributed by atoms with Crippen LogP contribution in [0.3, 0.4) is 0 Å². The molecular formula is C12H13F2N3. The van der Waals surface area contributed by atoms with Crippen molar-refractivity contribution in [1.82, 2.24) is 15.2 Å². The molecule has 0 saturated carbocycles. The van der Waals surface area contributed by atoms with Gasteiger partial charge in [0.1, 0.15) is 17.5 Å². The van der Waals surface area contributed by atoms with Crippen LogP contribution in [0, 0.1) is 11.6 Å². The van der Waals surface area contributed by atoms with Gasteiger partial charge >= 0.3 is 0 Å². The molecule has 0 aliphatic heterocycles. The number of halogens is 2. The lowest BCUT2D eigenvalue weighted by atomic mass is 10.1. The summed E-state index contributed by atoms with van der Waals surface area (Å²) >= 11 is 0. The van der Waals surface area contributed by atoms with E-state index >= 15 is 0 Å². The summed E-state index contributed by atoms with van der Waals surface area (Å²) in [6.07, 6.45) is 1.79. The average Bonchev–Trinajstić information content (AvgIpc) is 2.72. The predicted molar refractivity (Wildman–Crippen MR) is 59.5 cm³/mol. The van der Waals surface area contributed by atoms with Crippen molar-refractivity contribution in [2.24, 2.45) is 0 Å². The minimum Gasteiger partial charge on any atom is -0.263 e. The Morgan fingerprint density at radius 3 is 2.59 bits per heavy atom. The molecule has 0 aliphatic carbocycles. The molecule has 0 unspecified atom stereocenters. The van der Waals surface area contributed by atoms with Gasteiger partial charge in [0.2, 0.25) is 0 Å². The predicted octanol–water partition coefficient (Wildman–Crippen LogP) is 2.63. The van der Waals surface area contributed by atoms with Crippen LogP contribution in [0.25, 0.3) is 0 Å². The number of nitrogens with one attached hydrogen (secondary N) is 1. The SMILES string of the molecule is CCCc1n[nH]c(Cc2c(F)cccc2F)n1. The first kappa shape index (κ1) is 11.7. The molecular weight excluding hydrogens is 224 g/mol. The van der Waals surface area contributed by atoms with Gasteiger partial charge in [-0.1, -0.05) is 13.0 Å². The highest BCUT2D eigenvalue weighted by Crippen LogP contribution is 2.15. The molecule has 0 atom stereocenters. The fraction of sp³-hybridized carbons (Fsp3) is 0.333. The van der Waals surface area contributed by atoms with Gasteiger partial charge in [-0.15, -0.1) is 0 Å². The van der Waals surface area contributed by atoms with Crippen LogP contribution in [0.15, 0.2) is 18.2 Å². The zero-order valence-electron chi connectivity index (χ0n) is 9.50. The maximum Gasteiger partial charge on any atom is 0.150 e. The van der Waals surface area contributed by atoms with Crippen LogP contribution in [0.4, 0.5) is 8.78 Å². The Kier molecular flexibility index (Phi) is 3.46. The summed E-state index contributed by atoms with van der Waals surface area (Å²) in [6, 6.07) is 3.82. The lowest BCUT2D eigenvalue weighted by Crippen LogP contribution is -1.98. The molecule has 0 bridgehead atoms. The Balaban J connectivity index is 2.19. The fourth-order valence-corrected chi connectivity index (χ4v) is 1.62. The standard InChI is InChI=1S/C12H13F2N3/c1-2-4-11-15-12(17-16-11)7-8-9(13)5-3-6-10(8)14/h3,5-6H,2,4,7H2,1H3,(H,15,16,17). The second-order valence-electron chi connectivity index (χ2n) is 3.83. The summed E-state index contributed by atoms with van der Waals surface area (Å²) in [6.45, 7) is 2.02. The van der Waals surface area contributed by atoms with Gasteiger partial charge in [-0.3, -0.25) is 5.10 Å². The molecule has 0 spiro atoms. The molecule has 2 aromatic rings. The van der Waals surface area contributed by atoms with Crippen LogP contribution < -0.4 is 0 Å². The summed E-state index contributed by atoms with van der Waals surface area (Å²) in [5.74, 6) is 0.0496. The van der Waals surface area contributed by atoms with E-state index in [-0.39, 0.29) is 12.0 Å². The molecule has 17 heavy (non-hydrogen) atoms. The van der Waals surface area contributed by atoms with Gasteiger partial charge < -0.3 is 0 Å². The lowest BCUT2D eigenvalue weighted by molar-refractivity contribution is 0.559. The highest BCUT2D eigenvalue weighted by Gasteiger charge is 2.11. The van der Waals surface area contributed by atoms with Crippen molar-refractivity contribution in [1.29, 1.82) is 0 Å². The summed E-state index contributed by atoms with van der Waals surface area (Å²) < 4.78 is 26.8. The highest BCUT2D eigenvalue weighted by atomic mass is 19.1. The Labute approximate surface area is 97.9 Å². The Bertz CT molecular complexity index is 488. The number of aryl methyl sites for hydroxylation is 1. The monoisotopic (exact) mass is 237 g/mol. The summed E-state index contributed by atoms with van der Waals surface area (Å²) in [5, 5.41) is 6.68. The maximum atomic E-state index is 13.4. The van der Waals surface area contributed by atoms with Crippen LogP contribution in [-0.2, 0) is 12.8 Å². The minimum absolute atomic E-state index is 0.0201. The smallest absolute Gasteiger partial charge is 0.150 e. The third-order valence-corrected chi connectivity index (χ3v) is 2.46. The molecule has 1 heterocycles. The molecule has 0 fully saturated rings. The second-order valence-corrected chi connectivity index (χ2v) is 3.83. The van der Waals surface area contributed by atoms with Gasteiger partial charge in [-0.2, -0.15) is 5.10 Å². The number of benzene rings is 1. The van der Waals surface area contributed by atoms with E-state index in [1.807, 2.05) is 6.92 Å². The molecule has 0 radical (unpaired) electrons. The zero-order chi connectivity index (χ0) is 12.3. The number of hydrogen-bond donors (Lipinski definition) is 1. The molecule has 2 rings (SSSR count). The quantitative estimate of drug-likeness (QED) is 0.888. The largest absolute Gasteiger partial charge is 0.263 e. The Morgan fingerprint density at radius 2 is 1.94 bits per heavy atom. The maximum absolute atomic E-state index is 13.4. The van der Waals surface area contributed by atoms with Crippen LogP contribution in [-0.4, -0.2) is 15.2 Å². The topological polar surface area (TPSA) is 41.6 Å². The first-order valence-electron chi connectivity index (χ1n) is 5.53. The number of nitrogens with zero attached hydrogens (tertiary/aromatic N) is 2. The van der Waals surface area contributed by atoms with E-state index in [4.69, 9.17) is 0 Å². The molecule has 5 heteroatoms. The summed E-state index contributed by atoms with van der Waals surface area (Å²) in [7, 11) is 0. The third-order valence-electron chi connectivity index (χ3n) is 2.46. The molecule has 1 N–H and O–H groups in total. The van der Waals surface area contributed by atoms with E-state index in [9.17, 15) is 8.78 Å². The molecule has 0 aliphatic rings. The van der Waals surface area contributed by atoms with Crippen molar-refractivity contribution in [2.75, 3.05) is 0 Å². The van der Waals surface area contributed by atoms with Crippen LogP contribution in [0.5, 0.6) is 0 Å². The van der Waals surface area contributed by atoms with Crippen LogP contribution >= 0.6 is 0 Å². The van der Waals surface area contributed by atoms with Crippen LogP contribution in [0.2, 0.25) is 0 Å². The summed E-state index contributed by atoms with van der Waals surface area (Å²) in [5.41, 5.74) is 0.0201. The average molecular weight is 237 g/mol. The molecule has 90 valence electrons. The third kappa shape index (κ3) is 2.67. The first-order valence-corrected chi connectivity index (χ1v) is 5.53. The minimum atomic E-state index is -0.557. The van der Waals surface area contributed by atoms with Crippen molar-refractivity contribution in [3.8, 4) is 0 Å². The molecule has 1 aromatic carbocycles. The van der Waals surface area contributed by atoms with Crippen molar-refractivity contribution < 1.29 is 8.78 Å². The number of aromatic nitrogens is 3. The summed E-state index contributed by atoms with van der Waals surface area (Å²) in [4.78, 5) is 4.18. The van der Waals surface area contributed by atoms with Gasteiger partial charge in [0.25, 0.3) is 0 Å².